The summed E-state index contributed by atoms with van der Waals surface area (Å²) in [7, 11) is 0. The van der Waals surface area contributed by atoms with Crippen LogP contribution in [0.25, 0.3) is 0 Å². The molecule has 0 spiro atoms. The van der Waals surface area contributed by atoms with Gasteiger partial charge in [0.25, 0.3) is 0 Å². The Morgan fingerprint density at radius 3 is 2.67 bits per heavy atom. The average Bonchev–Trinajstić information content (AvgIpc) is 2.56. The molecule has 3 nitrogen and oxygen atoms in total. The molecule has 0 heterocycles. The molecule has 2 aromatic carbocycles. The van der Waals surface area contributed by atoms with Crippen LogP contribution in [0.15, 0.2) is 53.5 Å². The quantitative estimate of drug-likeness (QED) is 0.482. The maximum atomic E-state index is 6.00. The molecule has 2 aromatic rings. The Hall–Kier alpha value is -1.78. The number of hydrogen-bond donors (Lipinski definition) is 1. The summed E-state index contributed by atoms with van der Waals surface area (Å²) in [4.78, 5) is 0. The lowest BCUT2D eigenvalue weighted by molar-refractivity contribution is 0.269. The van der Waals surface area contributed by atoms with Crippen molar-refractivity contribution in [2.45, 2.75) is 27.0 Å². The lowest BCUT2D eigenvalue weighted by Crippen LogP contribution is -2.13. The van der Waals surface area contributed by atoms with Gasteiger partial charge in [0.15, 0.2) is 11.5 Å². The van der Waals surface area contributed by atoms with Gasteiger partial charge >= 0.3 is 0 Å². The van der Waals surface area contributed by atoms with Crippen LogP contribution < -0.4 is 14.8 Å². The number of aryl methyl sites for hydroxylation is 1. The van der Waals surface area contributed by atoms with Crippen LogP contribution in [0, 0.1) is 6.92 Å². The first kappa shape index (κ1) is 18.6. The van der Waals surface area contributed by atoms with Gasteiger partial charge in [0, 0.05) is 17.6 Å². The third-order valence-corrected chi connectivity index (χ3v) is 4.23. The first-order chi connectivity index (χ1) is 11.6. The van der Waals surface area contributed by atoms with Gasteiger partial charge in [-0.2, -0.15) is 0 Å². The highest BCUT2D eigenvalue weighted by atomic mass is 79.9. The molecule has 24 heavy (non-hydrogen) atoms. The Labute approximate surface area is 152 Å². The third-order valence-electron chi connectivity index (χ3n) is 3.49. The molecule has 128 valence electrons. The van der Waals surface area contributed by atoms with E-state index in [0.29, 0.717) is 13.2 Å². The van der Waals surface area contributed by atoms with Crippen molar-refractivity contribution in [1.82, 2.24) is 5.32 Å². The summed E-state index contributed by atoms with van der Waals surface area (Å²) < 4.78 is 12.8. The standard InChI is InChI=1S/C20H24BrNO2/c1-4-9-22-13-17-11-19(23-5-2)20(12-18(17)21)24-14-16-8-6-7-15(3)10-16/h4,6-8,10-12,22H,1,5,9,13-14H2,2-3H3. The third kappa shape index (κ3) is 5.39. The van der Waals surface area contributed by atoms with Gasteiger partial charge in [-0.05, 0) is 37.1 Å². The first-order valence-corrected chi connectivity index (χ1v) is 8.88. The van der Waals surface area contributed by atoms with Crippen LogP contribution in [0.3, 0.4) is 0 Å². The van der Waals surface area contributed by atoms with Crippen LogP contribution in [0.4, 0.5) is 0 Å². The molecule has 1 N–H and O–H groups in total. The highest BCUT2D eigenvalue weighted by Gasteiger charge is 2.11. The molecule has 0 aromatic heterocycles. The molecule has 0 aliphatic heterocycles. The zero-order valence-corrected chi connectivity index (χ0v) is 15.9. The van der Waals surface area contributed by atoms with E-state index in [1.807, 2.05) is 31.2 Å². The Balaban J connectivity index is 2.15. The summed E-state index contributed by atoms with van der Waals surface area (Å²) in [5.74, 6) is 1.52. The largest absolute Gasteiger partial charge is 0.490 e. The van der Waals surface area contributed by atoms with Gasteiger partial charge in [0.1, 0.15) is 6.61 Å². The SMILES string of the molecule is C=CCNCc1cc(OCC)c(OCc2cccc(C)c2)cc1Br. The molecule has 0 unspecified atom stereocenters. The number of halogens is 1. The maximum absolute atomic E-state index is 6.00. The van der Waals surface area contributed by atoms with Crippen LogP contribution >= 0.6 is 15.9 Å². The van der Waals surface area contributed by atoms with Crippen LogP contribution in [-0.4, -0.2) is 13.2 Å². The minimum Gasteiger partial charge on any atom is -0.490 e. The van der Waals surface area contributed by atoms with Crippen molar-refractivity contribution in [1.29, 1.82) is 0 Å². The van der Waals surface area contributed by atoms with E-state index in [1.54, 1.807) is 0 Å². The van der Waals surface area contributed by atoms with Crippen LogP contribution in [0.1, 0.15) is 23.6 Å². The number of rotatable bonds is 9. The summed E-state index contributed by atoms with van der Waals surface area (Å²) in [5, 5.41) is 3.30. The van der Waals surface area contributed by atoms with Crippen LogP contribution in [-0.2, 0) is 13.2 Å². The summed E-state index contributed by atoms with van der Waals surface area (Å²) in [6.45, 7) is 10.4. The Bertz CT molecular complexity index is 685. The van der Waals surface area contributed by atoms with Crippen molar-refractivity contribution < 1.29 is 9.47 Å². The van der Waals surface area contributed by atoms with E-state index >= 15 is 0 Å². The van der Waals surface area contributed by atoms with E-state index in [0.717, 1.165) is 40.2 Å². The van der Waals surface area contributed by atoms with E-state index in [1.165, 1.54) is 5.56 Å². The lowest BCUT2D eigenvalue weighted by Gasteiger charge is -2.15. The van der Waals surface area contributed by atoms with Crippen molar-refractivity contribution >= 4 is 15.9 Å². The Morgan fingerprint density at radius 1 is 1.17 bits per heavy atom. The number of nitrogens with one attached hydrogen (secondary N) is 1. The van der Waals surface area contributed by atoms with Gasteiger partial charge in [-0.15, -0.1) is 6.58 Å². The van der Waals surface area contributed by atoms with Gasteiger partial charge in [-0.25, -0.2) is 0 Å². The second-order valence-corrected chi connectivity index (χ2v) is 6.38. The molecule has 0 aliphatic carbocycles. The zero-order valence-electron chi connectivity index (χ0n) is 14.3. The predicted octanol–water partition coefficient (Wildman–Crippen LogP) is 5.01. The van der Waals surface area contributed by atoms with Crippen molar-refractivity contribution in [3.05, 3.63) is 70.2 Å². The van der Waals surface area contributed by atoms with E-state index in [9.17, 15) is 0 Å². The normalized spacial score (nSPS) is 10.5. The summed E-state index contributed by atoms with van der Waals surface area (Å²) >= 11 is 3.62. The Kier molecular flexibility index (Phi) is 7.35. The number of hydrogen-bond acceptors (Lipinski definition) is 3. The topological polar surface area (TPSA) is 30.5 Å². The molecule has 4 heteroatoms. The molecule has 0 saturated heterocycles. The van der Waals surface area contributed by atoms with Crippen molar-refractivity contribution in [2.75, 3.05) is 13.2 Å². The molecule has 0 amide bonds. The molecule has 0 radical (unpaired) electrons. The molecule has 0 aliphatic rings. The molecule has 0 fully saturated rings. The summed E-state index contributed by atoms with van der Waals surface area (Å²) in [6, 6.07) is 12.3. The van der Waals surface area contributed by atoms with Crippen LogP contribution in [0.2, 0.25) is 0 Å². The van der Waals surface area contributed by atoms with Gasteiger partial charge in [0.05, 0.1) is 6.61 Å². The van der Waals surface area contributed by atoms with Crippen molar-refractivity contribution in [3.63, 3.8) is 0 Å². The fourth-order valence-electron chi connectivity index (χ4n) is 2.37. The minimum atomic E-state index is 0.516. The fourth-order valence-corrected chi connectivity index (χ4v) is 2.83. The van der Waals surface area contributed by atoms with Crippen LogP contribution in [0.5, 0.6) is 11.5 Å². The summed E-state index contributed by atoms with van der Waals surface area (Å²) in [6.07, 6.45) is 1.84. The Morgan fingerprint density at radius 2 is 1.96 bits per heavy atom. The highest BCUT2D eigenvalue weighted by Crippen LogP contribution is 2.34. The molecule has 0 bridgehead atoms. The fraction of sp³-hybridized carbons (Fsp3) is 0.300. The van der Waals surface area contributed by atoms with Gasteiger partial charge in [0.2, 0.25) is 0 Å². The van der Waals surface area contributed by atoms with Crippen molar-refractivity contribution in [2.24, 2.45) is 0 Å². The van der Waals surface area contributed by atoms with E-state index in [-0.39, 0.29) is 0 Å². The van der Waals surface area contributed by atoms with E-state index in [4.69, 9.17) is 9.47 Å². The molecular formula is C20H24BrNO2. The van der Waals surface area contributed by atoms with Gasteiger partial charge in [-0.3, -0.25) is 0 Å². The molecule has 0 atom stereocenters. The van der Waals surface area contributed by atoms with E-state index in [2.05, 4.69) is 52.9 Å². The maximum Gasteiger partial charge on any atom is 0.162 e. The minimum absolute atomic E-state index is 0.516. The second-order valence-electron chi connectivity index (χ2n) is 5.52. The van der Waals surface area contributed by atoms with E-state index < -0.39 is 0 Å². The number of benzene rings is 2. The average molecular weight is 390 g/mol. The monoisotopic (exact) mass is 389 g/mol. The van der Waals surface area contributed by atoms with Gasteiger partial charge in [-0.1, -0.05) is 51.8 Å². The van der Waals surface area contributed by atoms with Crippen molar-refractivity contribution in [3.8, 4) is 11.5 Å². The summed E-state index contributed by atoms with van der Waals surface area (Å²) in [5.41, 5.74) is 3.50. The smallest absolute Gasteiger partial charge is 0.162 e. The van der Waals surface area contributed by atoms with Gasteiger partial charge < -0.3 is 14.8 Å². The lowest BCUT2D eigenvalue weighted by atomic mass is 10.1. The molecule has 2 rings (SSSR count). The molecule has 0 saturated carbocycles. The number of ether oxygens (including phenoxy) is 2. The second kappa shape index (κ2) is 9.50. The first-order valence-electron chi connectivity index (χ1n) is 8.09. The molecular weight excluding hydrogens is 366 g/mol. The zero-order chi connectivity index (χ0) is 17.4. The predicted molar refractivity (Wildman–Crippen MR) is 103 cm³/mol. The highest BCUT2D eigenvalue weighted by molar-refractivity contribution is 9.10.